The van der Waals surface area contributed by atoms with Gasteiger partial charge in [-0.3, -0.25) is 0 Å². The quantitative estimate of drug-likeness (QED) is 0.364. The summed E-state index contributed by atoms with van der Waals surface area (Å²) in [7, 11) is -3.81. The SMILES string of the molecule is [Li][CH](CCCCCCCCCC)S(=O)(=O)O. The van der Waals surface area contributed by atoms with Gasteiger partial charge in [0, 0.05) is 0 Å². The average molecular weight is 242 g/mol. The van der Waals surface area contributed by atoms with Crippen molar-refractivity contribution in [1.82, 2.24) is 0 Å². The number of rotatable bonds is 10. The van der Waals surface area contributed by atoms with Gasteiger partial charge in [-0.25, -0.2) is 0 Å². The molecule has 0 aliphatic carbocycles. The van der Waals surface area contributed by atoms with Gasteiger partial charge in [-0.15, -0.1) is 0 Å². The van der Waals surface area contributed by atoms with E-state index in [1.807, 2.05) is 0 Å². The van der Waals surface area contributed by atoms with Gasteiger partial charge < -0.3 is 0 Å². The van der Waals surface area contributed by atoms with E-state index in [1.165, 1.54) is 38.5 Å². The molecule has 5 heteroatoms. The van der Waals surface area contributed by atoms with Crippen LogP contribution in [-0.4, -0.2) is 34.6 Å². The number of hydrogen-bond donors (Lipinski definition) is 1. The molecule has 0 aromatic carbocycles. The van der Waals surface area contributed by atoms with Crippen molar-refractivity contribution in [3.8, 4) is 0 Å². The second-order valence-electron chi connectivity index (χ2n) is 4.59. The van der Waals surface area contributed by atoms with Crippen molar-refractivity contribution in [2.75, 3.05) is 0 Å². The van der Waals surface area contributed by atoms with Crippen LogP contribution in [-0.2, 0) is 10.1 Å². The van der Waals surface area contributed by atoms with Crippen LogP contribution >= 0.6 is 0 Å². The zero-order valence-corrected chi connectivity index (χ0v) is 11.4. The Kier molecular flexibility index (Phi) is 9.83. The van der Waals surface area contributed by atoms with Crippen molar-refractivity contribution in [1.29, 1.82) is 0 Å². The predicted octanol–water partition coefficient (Wildman–Crippen LogP) is 2.90. The summed E-state index contributed by atoms with van der Waals surface area (Å²) in [6.07, 6.45) is 10.2. The van der Waals surface area contributed by atoms with Gasteiger partial charge in [-0.2, -0.15) is 0 Å². The molecule has 0 rings (SSSR count). The van der Waals surface area contributed by atoms with Crippen LogP contribution in [0.2, 0.25) is 0 Å². The molecule has 0 aromatic heterocycles. The van der Waals surface area contributed by atoms with Crippen LogP contribution in [0.3, 0.4) is 0 Å². The number of hydrogen-bond acceptors (Lipinski definition) is 2. The second-order valence-corrected chi connectivity index (χ2v) is 6.42. The predicted molar refractivity (Wildman–Crippen MR) is 68.3 cm³/mol. The topological polar surface area (TPSA) is 54.4 Å². The molecule has 0 bridgehead atoms. The van der Waals surface area contributed by atoms with Gasteiger partial charge in [0.15, 0.2) is 0 Å². The van der Waals surface area contributed by atoms with Crippen LogP contribution < -0.4 is 0 Å². The van der Waals surface area contributed by atoms with Crippen LogP contribution in [0, 0.1) is 0 Å². The van der Waals surface area contributed by atoms with E-state index >= 15 is 0 Å². The number of unbranched alkanes of at least 4 members (excludes halogenated alkanes) is 7. The fourth-order valence-corrected chi connectivity index (χ4v) is 2.18. The van der Waals surface area contributed by atoms with Crippen molar-refractivity contribution >= 4 is 27.8 Å². The first-order chi connectivity index (χ1) is 7.48. The molecule has 3 nitrogen and oxygen atoms in total. The first kappa shape index (κ1) is 16.5. The Bertz CT molecular complexity index is 252. The Morgan fingerprint density at radius 1 is 1.00 bits per heavy atom. The Balaban J connectivity index is 3.28. The molecule has 0 saturated heterocycles. The van der Waals surface area contributed by atoms with Crippen molar-refractivity contribution < 1.29 is 13.0 Å². The van der Waals surface area contributed by atoms with Crippen LogP contribution in [0.5, 0.6) is 0 Å². The summed E-state index contributed by atoms with van der Waals surface area (Å²) < 4.78 is 29.6. The Hall–Kier alpha value is 0.507. The maximum absolute atomic E-state index is 10.7. The molecule has 0 aromatic rings. The van der Waals surface area contributed by atoms with Crippen LogP contribution in [0.15, 0.2) is 0 Å². The standard InChI is InChI=1S/C11H23O3S.Li/c1-2-3-4-5-6-7-8-9-10-11-15(12,13)14;/h11H,2-10H2,1H3,(H,12,13,14);. The van der Waals surface area contributed by atoms with Crippen LogP contribution in [0.1, 0.15) is 64.7 Å². The van der Waals surface area contributed by atoms with Crippen LogP contribution in [0.4, 0.5) is 0 Å². The van der Waals surface area contributed by atoms with Gasteiger partial charge in [-0.05, 0) is 0 Å². The molecule has 1 N–H and O–H groups in total. The Morgan fingerprint density at radius 2 is 1.44 bits per heavy atom. The first-order valence-electron chi connectivity index (χ1n) is 6.44. The molecule has 0 spiro atoms. The van der Waals surface area contributed by atoms with E-state index in [2.05, 4.69) is 6.92 Å². The van der Waals surface area contributed by atoms with E-state index in [4.69, 9.17) is 4.55 Å². The van der Waals surface area contributed by atoms with Gasteiger partial charge in [0.1, 0.15) is 0 Å². The first-order valence-corrected chi connectivity index (χ1v) is 7.95. The molecular weight excluding hydrogens is 219 g/mol. The van der Waals surface area contributed by atoms with E-state index in [9.17, 15) is 8.42 Å². The van der Waals surface area contributed by atoms with E-state index in [0.717, 1.165) is 12.8 Å². The van der Waals surface area contributed by atoms with E-state index < -0.39 is 14.0 Å². The molecule has 0 amide bonds. The summed E-state index contributed by atoms with van der Waals surface area (Å²) in [5.74, 6) is 0. The third kappa shape index (κ3) is 9.71. The molecule has 1 atom stereocenters. The van der Waals surface area contributed by atoms with Crippen molar-refractivity contribution in [2.24, 2.45) is 0 Å². The third-order valence-corrected chi connectivity index (χ3v) is 4.23. The molecule has 0 aliphatic heterocycles. The molecule has 0 aliphatic rings. The zero-order chi connectivity index (χ0) is 12.4. The monoisotopic (exact) mass is 242 g/mol. The minimum atomic E-state index is -3.81. The van der Waals surface area contributed by atoms with Gasteiger partial charge in [-0.1, -0.05) is 0 Å². The molecule has 92 valence electrons. The molecule has 16 heavy (non-hydrogen) atoms. The van der Waals surface area contributed by atoms with Gasteiger partial charge in [0.05, 0.1) is 0 Å². The fourth-order valence-electron chi connectivity index (χ4n) is 1.71. The normalized spacial score (nSPS) is 14.0. The van der Waals surface area contributed by atoms with Gasteiger partial charge in [0.2, 0.25) is 0 Å². The van der Waals surface area contributed by atoms with Gasteiger partial charge in [0.25, 0.3) is 0 Å². The van der Waals surface area contributed by atoms with E-state index in [-0.39, 0.29) is 0 Å². The molecular formula is C11H23LiO3S. The molecule has 0 heterocycles. The van der Waals surface area contributed by atoms with E-state index in [0.29, 0.717) is 6.42 Å². The minimum absolute atomic E-state index is 0.577. The van der Waals surface area contributed by atoms with E-state index in [1.54, 1.807) is 17.7 Å². The van der Waals surface area contributed by atoms with Crippen molar-refractivity contribution in [3.05, 3.63) is 0 Å². The van der Waals surface area contributed by atoms with Crippen molar-refractivity contribution in [2.45, 2.75) is 68.6 Å². The Labute approximate surface area is 109 Å². The molecule has 0 fully saturated rings. The maximum atomic E-state index is 10.7. The summed E-state index contributed by atoms with van der Waals surface area (Å²) in [5, 5.41) is 0. The summed E-state index contributed by atoms with van der Waals surface area (Å²) in [4.78, 5) is 0. The molecule has 1 unspecified atom stereocenters. The average Bonchev–Trinajstić information content (AvgIpc) is 2.20. The summed E-state index contributed by atoms with van der Waals surface area (Å²) >= 11 is 1.57. The summed E-state index contributed by atoms with van der Waals surface area (Å²) in [6, 6.07) is 0. The summed E-state index contributed by atoms with van der Waals surface area (Å²) in [5.41, 5.74) is 0. The second kappa shape index (κ2) is 9.53. The van der Waals surface area contributed by atoms with Crippen molar-refractivity contribution in [3.63, 3.8) is 0 Å². The van der Waals surface area contributed by atoms with Crippen LogP contribution in [0.25, 0.3) is 0 Å². The zero-order valence-electron chi connectivity index (χ0n) is 10.6. The third-order valence-electron chi connectivity index (χ3n) is 2.97. The summed E-state index contributed by atoms with van der Waals surface area (Å²) in [6.45, 7) is 2.21. The fraction of sp³-hybridized carbons (Fsp3) is 1.00. The van der Waals surface area contributed by atoms with Gasteiger partial charge >= 0.3 is 109 Å². The molecule has 0 radical (unpaired) electrons. The Morgan fingerprint density at radius 3 is 1.88 bits per heavy atom. The molecule has 0 saturated carbocycles.